The lowest BCUT2D eigenvalue weighted by molar-refractivity contribution is 0.0599. The van der Waals surface area contributed by atoms with Crippen molar-refractivity contribution in [2.45, 2.75) is 31.7 Å². The van der Waals surface area contributed by atoms with E-state index in [4.69, 9.17) is 4.42 Å². The molecule has 4 aromatic rings. The van der Waals surface area contributed by atoms with Crippen LogP contribution >= 0.6 is 0 Å². The Labute approximate surface area is 198 Å². The van der Waals surface area contributed by atoms with Crippen molar-refractivity contribution in [2.75, 3.05) is 6.54 Å². The molecule has 35 heavy (non-hydrogen) atoms. The number of benzene rings is 2. The summed E-state index contributed by atoms with van der Waals surface area (Å²) in [4.78, 5) is 16.6. The number of carbonyl (C=O) groups is 1. The number of likely N-dealkylation sites (tertiary alicyclic amines) is 1. The van der Waals surface area contributed by atoms with Crippen LogP contribution in [0, 0.1) is 17.5 Å². The molecule has 0 aliphatic carbocycles. The van der Waals surface area contributed by atoms with E-state index in [2.05, 4.69) is 20.4 Å². The summed E-state index contributed by atoms with van der Waals surface area (Å²) in [7, 11) is 1.61. The first-order valence-electron chi connectivity index (χ1n) is 11.2. The Kier molecular flexibility index (Phi) is 6.06. The van der Waals surface area contributed by atoms with Crippen LogP contribution in [0.25, 0.3) is 22.7 Å². The van der Waals surface area contributed by atoms with Crippen LogP contribution in [0.5, 0.6) is 0 Å². The van der Waals surface area contributed by atoms with Crippen molar-refractivity contribution in [1.29, 1.82) is 0 Å². The van der Waals surface area contributed by atoms with E-state index in [1.807, 2.05) is 0 Å². The average molecular weight is 482 g/mol. The van der Waals surface area contributed by atoms with Crippen LogP contribution in [0.3, 0.4) is 0 Å². The van der Waals surface area contributed by atoms with Gasteiger partial charge in [0.2, 0.25) is 5.89 Å². The summed E-state index contributed by atoms with van der Waals surface area (Å²) < 4.78 is 46.7. The summed E-state index contributed by atoms with van der Waals surface area (Å²) in [6.07, 6.45) is 2.67. The maximum Gasteiger partial charge on any atom is 0.276 e. The number of rotatable bonds is 5. The molecule has 0 saturated carbocycles. The fraction of sp³-hybridized carbons (Fsp3) is 0.292. The third-order valence-electron chi connectivity index (χ3n) is 5.98. The van der Waals surface area contributed by atoms with Gasteiger partial charge in [-0.25, -0.2) is 13.2 Å². The van der Waals surface area contributed by atoms with Gasteiger partial charge < -0.3 is 9.32 Å². The zero-order valence-electron chi connectivity index (χ0n) is 18.8. The number of piperidine rings is 1. The van der Waals surface area contributed by atoms with Crippen LogP contribution in [-0.2, 0) is 13.5 Å². The molecule has 3 heterocycles. The molecule has 1 aliphatic heterocycles. The number of hydrogen-bond donors (Lipinski definition) is 0. The molecule has 0 N–H and O–H groups in total. The van der Waals surface area contributed by atoms with E-state index in [1.165, 1.54) is 29.1 Å². The van der Waals surface area contributed by atoms with Crippen molar-refractivity contribution in [3.63, 3.8) is 0 Å². The van der Waals surface area contributed by atoms with Crippen molar-refractivity contribution >= 4 is 5.91 Å². The third-order valence-corrected chi connectivity index (χ3v) is 5.98. The summed E-state index contributed by atoms with van der Waals surface area (Å²) in [5, 5.41) is 16.4. The standard InChI is InChI=1S/C24H21F3N6O2/c1-32-30-21(14-8-10-15(25)11-9-14)22(31-32)24(34)33-12-3-2-5-16(33)13-19-28-29-23(35-19)17-6-4-7-18(26)20(17)27/h4,6-11,16H,2-3,5,12-13H2,1H3. The summed E-state index contributed by atoms with van der Waals surface area (Å²) in [6.45, 7) is 0.502. The number of carbonyl (C=O) groups excluding carboxylic acids is 1. The SMILES string of the molecule is Cn1nc(C(=O)N2CCCCC2Cc2nnc(-c3cccc(F)c3F)o2)c(-c2ccc(F)cc2)n1. The van der Waals surface area contributed by atoms with Gasteiger partial charge in [-0.3, -0.25) is 4.79 Å². The Morgan fingerprint density at radius 1 is 1.06 bits per heavy atom. The summed E-state index contributed by atoms with van der Waals surface area (Å²) in [5.74, 6) is -2.68. The number of nitrogens with zero attached hydrogens (tertiary/aromatic N) is 6. The second-order valence-electron chi connectivity index (χ2n) is 8.35. The van der Waals surface area contributed by atoms with Crippen molar-refractivity contribution in [3.8, 4) is 22.7 Å². The van der Waals surface area contributed by atoms with Gasteiger partial charge in [-0.15, -0.1) is 15.3 Å². The highest BCUT2D eigenvalue weighted by molar-refractivity contribution is 5.98. The summed E-state index contributed by atoms with van der Waals surface area (Å²) in [5.41, 5.74) is 0.987. The van der Waals surface area contributed by atoms with Gasteiger partial charge >= 0.3 is 0 Å². The lowest BCUT2D eigenvalue weighted by Gasteiger charge is -2.34. The van der Waals surface area contributed by atoms with Gasteiger partial charge in [-0.05, 0) is 55.7 Å². The minimum absolute atomic E-state index is 0.121. The first-order valence-corrected chi connectivity index (χ1v) is 11.2. The Balaban J connectivity index is 1.40. The van der Waals surface area contributed by atoms with Crippen LogP contribution in [0.1, 0.15) is 35.6 Å². The van der Waals surface area contributed by atoms with Crippen molar-refractivity contribution in [1.82, 2.24) is 30.1 Å². The molecule has 1 amide bonds. The van der Waals surface area contributed by atoms with Gasteiger partial charge in [0.15, 0.2) is 17.3 Å². The van der Waals surface area contributed by atoms with Crippen LogP contribution in [-0.4, -0.2) is 48.6 Å². The Bertz CT molecular complexity index is 1370. The zero-order chi connectivity index (χ0) is 24.5. The van der Waals surface area contributed by atoms with Crippen molar-refractivity contribution in [3.05, 3.63) is 71.5 Å². The molecule has 11 heteroatoms. The molecule has 0 spiro atoms. The zero-order valence-corrected chi connectivity index (χ0v) is 18.8. The molecule has 1 aliphatic rings. The van der Waals surface area contributed by atoms with E-state index >= 15 is 0 Å². The second-order valence-corrected chi connectivity index (χ2v) is 8.35. The normalized spacial score (nSPS) is 16.0. The largest absolute Gasteiger partial charge is 0.421 e. The summed E-state index contributed by atoms with van der Waals surface area (Å²) in [6, 6.07) is 9.17. The van der Waals surface area contributed by atoms with E-state index in [0.717, 1.165) is 18.9 Å². The molecule has 5 rings (SSSR count). The Morgan fingerprint density at radius 3 is 2.66 bits per heavy atom. The third kappa shape index (κ3) is 4.53. The molecule has 8 nitrogen and oxygen atoms in total. The van der Waals surface area contributed by atoms with Crippen LogP contribution in [0.4, 0.5) is 13.2 Å². The molecule has 2 aromatic carbocycles. The molecular weight excluding hydrogens is 461 g/mol. The van der Waals surface area contributed by atoms with E-state index in [9.17, 15) is 18.0 Å². The highest BCUT2D eigenvalue weighted by Gasteiger charge is 2.33. The van der Waals surface area contributed by atoms with Gasteiger partial charge in [-0.2, -0.15) is 9.90 Å². The van der Waals surface area contributed by atoms with E-state index in [0.29, 0.717) is 24.2 Å². The number of aromatic nitrogens is 5. The summed E-state index contributed by atoms with van der Waals surface area (Å²) >= 11 is 0. The van der Waals surface area contributed by atoms with Gasteiger partial charge in [0, 0.05) is 31.6 Å². The van der Waals surface area contributed by atoms with Crippen molar-refractivity contribution < 1.29 is 22.4 Å². The predicted molar refractivity (Wildman–Crippen MR) is 118 cm³/mol. The van der Waals surface area contributed by atoms with Crippen LogP contribution in [0.2, 0.25) is 0 Å². The van der Waals surface area contributed by atoms with E-state index in [1.54, 1.807) is 24.1 Å². The second kappa shape index (κ2) is 9.32. The minimum atomic E-state index is -1.06. The maximum atomic E-state index is 14.1. The van der Waals surface area contributed by atoms with Crippen LogP contribution in [0.15, 0.2) is 46.9 Å². The molecule has 180 valence electrons. The molecule has 2 aromatic heterocycles. The average Bonchev–Trinajstić information content (AvgIpc) is 3.48. The van der Waals surface area contributed by atoms with Gasteiger partial charge in [0.25, 0.3) is 11.8 Å². The Morgan fingerprint density at radius 2 is 1.86 bits per heavy atom. The first-order chi connectivity index (χ1) is 16.9. The predicted octanol–water partition coefficient (Wildman–Crippen LogP) is 4.19. The number of hydrogen-bond acceptors (Lipinski definition) is 6. The monoisotopic (exact) mass is 482 g/mol. The number of aryl methyl sites for hydroxylation is 1. The quantitative estimate of drug-likeness (QED) is 0.424. The minimum Gasteiger partial charge on any atom is -0.421 e. The van der Waals surface area contributed by atoms with Crippen LogP contribution < -0.4 is 0 Å². The molecule has 1 saturated heterocycles. The maximum absolute atomic E-state index is 14.1. The van der Waals surface area contributed by atoms with E-state index in [-0.39, 0.29) is 41.4 Å². The Hall–Kier alpha value is -4.02. The van der Waals surface area contributed by atoms with Crippen molar-refractivity contribution in [2.24, 2.45) is 7.05 Å². The molecule has 1 atom stereocenters. The topological polar surface area (TPSA) is 89.9 Å². The fourth-order valence-electron chi connectivity index (χ4n) is 4.28. The van der Waals surface area contributed by atoms with Gasteiger partial charge in [0.1, 0.15) is 11.5 Å². The molecular formula is C24H21F3N6O2. The smallest absolute Gasteiger partial charge is 0.276 e. The van der Waals surface area contributed by atoms with E-state index < -0.39 is 17.5 Å². The number of halogens is 3. The lowest BCUT2D eigenvalue weighted by atomic mass is 9.98. The van der Waals surface area contributed by atoms with Gasteiger partial charge in [-0.1, -0.05) is 6.07 Å². The fourth-order valence-corrected chi connectivity index (χ4v) is 4.28. The molecule has 0 radical (unpaired) electrons. The highest BCUT2D eigenvalue weighted by atomic mass is 19.2. The lowest BCUT2D eigenvalue weighted by Crippen LogP contribution is -2.45. The molecule has 1 unspecified atom stereocenters. The first kappa shape index (κ1) is 22.8. The molecule has 1 fully saturated rings. The number of amides is 1. The highest BCUT2D eigenvalue weighted by Crippen LogP contribution is 2.28. The van der Waals surface area contributed by atoms with Gasteiger partial charge in [0.05, 0.1) is 5.56 Å². The molecule has 0 bridgehead atoms.